The second-order valence-electron chi connectivity index (χ2n) is 15.1. The lowest BCUT2D eigenvalue weighted by atomic mass is 9.89. The zero-order chi connectivity index (χ0) is 44.3. The van der Waals surface area contributed by atoms with E-state index in [0.29, 0.717) is 46.3 Å². The Bertz CT molecular complexity index is 2610. The molecular weight excluding hydrogens is 812 g/mol. The van der Waals surface area contributed by atoms with Gasteiger partial charge in [-0.25, -0.2) is 0 Å². The van der Waals surface area contributed by atoms with Crippen LogP contribution in [0.3, 0.4) is 0 Å². The van der Waals surface area contributed by atoms with Crippen LogP contribution in [0.2, 0.25) is 5.02 Å². The number of pyridine rings is 1. The van der Waals surface area contributed by atoms with Gasteiger partial charge in [0, 0.05) is 61.2 Å². The van der Waals surface area contributed by atoms with Gasteiger partial charge in [0.2, 0.25) is 0 Å². The number of carboxylic acid groups (broad SMARTS) is 2. The second-order valence-corrected chi connectivity index (χ2v) is 15.5. The van der Waals surface area contributed by atoms with Gasteiger partial charge in [-0.05, 0) is 84.0 Å². The minimum atomic E-state index is -1.10. The van der Waals surface area contributed by atoms with Gasteiger partial charge in [0.15, 0.2) is 0 Å². The Morgan fingerprint density at radius 1 is 0.806 bits per heavy atom. The van der Waals surface area contributed by atoms with Crippen LogP contribution in [0.25, 0.3) is 33.2 Å². The smallest absolute Gasteiger partial charge is 0.306 e. The molecule has 0 spiro atoms. The highest BCUT2D eigenvalue weighted by Gasteiger charge is 2.18. The molecule has 0 aliphatic carbocycles. The summed E-state index contributed by atoms with van der Waals surface area (Å²) in [6.45, 7) is 8.02. The molecule has 62 heavy (non-hydrogen) atoms. The molecule has 2 aromatic heterocycles. The van der Waals surface area contributed by atoms with Crippen LogP contribution in [0.4, 0.5) is 0 Å². The van der Waals surface area contributed by atoms with Crippen molar-refractivity contribution in [3.8, 4) is 39.8 Å². The number of benzene rings is 4. The Balaban J connectivity index is 1.19. The number of carboxylic acids is 2. The third-order valence-electron chi connectivity index (χ3n) is 10.5. The summed E-state index contributed by atoms with van der Waals surface area (Å²) in [5, 5.41) is 59.5. The predicted molar refractivity (Wildman–Crippen MR) is 235 cm³/mol. The maximum atomic E-state index is 11.0. The SMILES string of the molecule is Cc1c(COc2cc(OCc3cncc(C#N)c3)c(CNC[C@@H](O)CC(=O)O)cc2Cl)cccc1-c1cccc(-c2ccc3c(c2)c(C)nn3CCNC[C@@H](O)CC(=O)O)c1C. The average Bonchev–Trinajstić information content (AvgIpc) is 3.55. The Labute approximate surface area is 364 Å². The standard InChI is InChI=1S/C47H49ClN6O8/c1-28-34(27-62-45-19-44(61-26-32-14-31(20-49)21-51-22-32)35(16-42(45)48)23-52-25-37(56)18-47(59)60)6-4-8-39(28)40-9-5-7-38(29(40)2)33-10-11-43-41(15-33)30(3)53-54(43)13-12-50-24-36(55)17-46(57)58/h4-11,14-16,19,21-22,36-37,50,52,55-56H,12-13,17-18,23-27H2,1-3H3,(H,57,58)(H,59,60)/t36-,37-/m0/s1. The number of fused-ring (bicyclic) bond motifs is 1. The lowest BCUT2D eigenvalue weighted by molar-refractivity contribution is -0.140. The number of rotatable bonds is 21. The fourth-order valence-electron chi connectivity index (χ4n) is 7.33. The Morgan fingerprint density at radius 3 is 2.21 bits per heavy atom. The normalized spacial score (nSPS) is 12.2. The molecule has 4 aromatic carbocycles. The summed E-state index contributed by atoms with van der Waals surface area (Å²) < 4.78 is 14.5. The quantitative estimate of drug-likeness (QED) is 0.0416. The van der Waals surface area contributed by atoms with Gasteiger partial charge in [0.1, 0.15) is 30.8 Å². The number of aliphatic carboxylic acids is 2. The van der Waals surface area contributed by atoms with Crippen LogP contribution in [0.1, 0.15) is 51.9 Å². The second kappa shape index (κ2) is 21.0. The zero-order valence-electron chi connectivity index (χ0n) is 34.7. The summed E-state index contributed by atoms with van der Waals surface area (Å²) in [6.07, 6.45) is 0.354. The van der Waals surface area contributed by atoms with Crippen LogP contribution in [0.15, 0.2) is 85.2 Å². The summed E-state index contributed by atoms with van der Waals surface area (Å²) in [4.78, 5) is 26.0. The first kappa shape index (κ1) is 45.2. The van der Waals surface area contributed by atoms with E-state index >= 15 is 0 Å². The van der Waals surface area contributed by atoms with E-state index in [-0.39, 0.29) is 39.3 Å². The van der Waals surface area contributed by atoms with Crippen LogP contribution in [-0.4, -0.2) is 79.0 Å². The molecule has 0 amide bonds. The van der Waals surface area contributed by atoms with Crippen LogP contribution in [-0.2, 0) is 35.9 Å². The molecule has 2 heterocycles. The number of nitrogens with one attached hydrogen (secondary N) is 2. The highest BCUT2D eigenvalue weighted by Crippen LogP contribution is 2.37. The van der Waals surface area contributed by atoms with Crippen molar-refractivity contribution in [3.05, 3.63) is 129 Å². The third-order valence-corrected chi connectivity index (χ3v) is 10.8. The number of aliphatic hydroxyl groups is 2. The number of nitriles is 1. The van der Waals surface area contributed by atoms with Gasteiger partial charge >= 0.3 is 11.9 Å². The molecule has 15 heteroatoms. The molecule has 0 aliphatic heterocycles. The van der Waals surface area contributed by atoms with Crippen LogP contribution < -0.4 is 20.1 Å². The van der Waals surface area contributed by atoms with E-state index in [4.69, 9.17) is 36.4 Å². The molecule has 0 fully saturated rings. The van der Waals surface area contributed by atoms with E-state index in [0.717, 1.165) is 55.5 Å². The number of nitrogens with zero attached hydrogens (tertiary/aromatic N) is 4. The molecule has 0 unspecified atom stereocenters. The number of aliphatic hydroxyl groups excluding tert-OH is 2. The number of aromatic nitrogens is 3. The number of hydrogen-bond acceptors (Lipinski definition) is 11. The first-order valence-corrected chi connectivity index (χ1v) is 20.5. The van der Waals surface area contributed by atoms with Crippen molar-refractivity contribution in [1.29, 1.82) is 5.26 Å². The number of carbonyl (C=O) groups is 2. The Hall–Kier alpha value is -6.34. The minimum absolute atomic E-state index is 0.0425. The molecule has 0 bridgehead atoms. The first-order chi connectivity index (χ1) is 29.8. The largest absolute Gasteiger partial charge is 0.488 e. The molecule has 0 saturated heterocycles. The monoisotopic (exact) mass is 860 g/mol. The van der Waals surface area contributed by atoms with E-state index in [9.17, 15) is 25.1 Å². The molecule has 0 aliphatic rings. The average molecular weight is 861 g/mol. The van der Waals surface area contributed by atoms with Gasteiger partial charge in [-0.1, -0.05) is 54.1 Å². The molecule has 6 rings (SSSR count). The topological polar surface area (TPSA) is 212 Å². The van der Waals surface area contributed by atoms with E-state index in [2.05, 4.69) is 78.0 Å². The third kappa shape index (κ3) is 11.5. The molecule has 2 atom stereocenters. The summed E-state index contributed by atoms with van der Waals surface area (Å²) >= 11 is 6.78. The van der Waals surface area contributed by atoms with Crippen LogP contribution in [0.5, 0.6) is 11.5 Å². The van der Waals surface area contributed by atoms with Gasteiger partial charge in [-0.15, -0.1) is 0 Å². The van der Waals surface area contributed by atoms with Gasteiger partial charge < -0.3 is 40.5 Å². The molecule has 6 aromatic rings. The molecule has 6 N–H and O–H groups in total. The van der Waals surface area contributed by atoms with E-state index < -0.39 is 30.6 Å². The van der Waals surface area contributed by atoms with Crippen molar-refractivity contribution in [1.82, 2.24) is 25.4 Å². The van der Waals surface area contributed by atoms with Gasteiger partial charge in [0.05, 0.1) is 53.4 Å². The summed E-state index contributed by atoms with van der Waals surface area (Å²) in [6, 6.07) is 25.9. The fraction of sp³-hybridized carbons (Fsp3) is 0.298. The van der Waals surface area contributed by atoms with Gasteiger partial charge in [-0.2, -0.15) is 10.4 Å². The number of ether oxygens (including phenoxy) is 2. The number of hydrogen-bond donors (Lipinski definition) is 6. The van der Waals surface area contributed by atoms with Crippen molar-refractivity contribution in [2.24, 2.45) is 0 Å². The molecule has 0 saturated carbocycles. The van der Waals surface area contributed by atoms with E-state index in [1.165, 1.54) is 6.20 Å². The Morgan fingerprint density at radius 2 is 1.48 bits per heavy atom. The summed E-state index contributed by atoms with van der Waals surface area (Å²) in [5.41, 5.74) is 11.0. The fourth-order valence-corrected chi connectivity index (χ4v) is 7.57. The summed E-state index contributed by atoms with van der Waals surface area (Å²) in [7, 11) is 0. The maximum absolute atomic E-state index is 11.0. The lowest BCUT2D eigenvalue weighted by Gasteiger charge is -2.18. The molecule has 0 radical (unpaired) electrons. The van der Waals surface area contributed by atoms with Crippen LogP contribution >= 0.6 is 11.6 Å². The summed E-state index contributed by atoms with van der Waals surface area (Å²) in [5.74, 6) is -1.29. The van der Waals surface area contributed by atoms with E-state index in [1.54, 1.807) is 24.4 Å². The van der Waals surface area contributed by atoms with Crippen molar-refractivity contribution >= 4 is 34.4 Å². The minimum Gasteiger partial charge on any atom is -0.488 e. The highest BCUT2D eigenvalue weighted by atomic mass is 35.5. The highest BCUT2D eigenvalue weighted by molar-refractivity contribution is 6.32. The van der Waals surface area contributed by atoms with Crippen molar-refractivity contribution in [3.63, 3.8) is 0 Å². The predicted octanol–water partition coefficient (Wildman–Crippen LogP) is 6.72. The zero-order valence-corrected chi connectivity index (χ0v) is 35.4. The van der Waals surface area contributed by atoms with E-state index in [1.807, 2.05) is 23.7 Å². The molecular formula is C47H49ClN6O8. The molecule has 14 nitrogen and oxygen atoms in total. The van der Waals surface area contributed by atoms with Crippen LogP contribution in [0, 0.1) is 32.1 Å². The maximum Gasteiger partial charge on any atom is 0.306 e. The van der Waals surface area contributed by atoms with Crippen molar-refractivity contribution < 1.29 is 39.5 Å². The van der Waals surface area contributed by atoms with Gasteiger partial charge in [0.25, 0.3) is 0 Å². The van der Waals surface area contributed by atoms with Crippen molar-refractivity contribution in [2.45, 2.75) is 72.1 Å². The van der Waals surface area contributed by atoms with Crippen molar-refractivity contribution in [2.75, 3.05) is 19.6 Å². The number of aryl methyl sites for hydroxylation is 1. The number of halogens is 1. The first-order valence-electron chi connectivity index (χ1n) is 20.1. The van der Waals surface area contributed by atoms with Gasteiger partial charge in [-0.3, -0.25) is 19.3 Å². The Kier molecular flexibility index (Phi) is 15.3. The lowest BCUT2D eigenvalue weighted by Crippen LogP contribution is -2.31. The molecule has 322 valence electrons.